The molecule has 0 bridgehead atoms. The normalized spacial score (nSPS) is 10.5. The second-order valence-corrected chi connectivity index (χ2v) is 5.78. The van der Waals surface area contributed by atoms with E-state index in [4.69, 9.17) is 4.74 Å². The lowest BCUT2D eigenvalue weighted by Crippen LogP contribution is -2.31. The first-order chi connectivity index (χ1) is 11.3. The highest BCUT2D eigenvalue weighted by Gasteiger charge is 2.21. The number of carbonyl (C=O) groups excluding carboxylic acids is 1. The molecule has 0 amide bonds. The number of aromatic nitrogens is 2. The number of nitrogens with zero attached hydrogens (tertiary/aromatic N) is 3. The van der Waals surface area contributed by atoms with Crippen molar-refractivity contribution in [3.63, 3.8) is 0 Å². The van der Waals surface area contributed by atoms with E-state index < -0.39 is 0 Å². The van der Waals surface area contributed by atoms with Crippen molar-refractivity contribution in [3.05, 3.63) is 51.4 Å². The first kappa shape index (κ1) is 17.7. The summed E-state index contributed by atoms with van der Waals surface area (Å²) in [6.45, 7) is 6.06. The van der Waals surface area contributed by atoms with Crippen LogP contribution in [-0.4, -0.2) is 29.0 Å². The number of rotatable bonds is 6. The Kier molecular flexibility index (Phi) is 5.39. The summed E-state index contributed by atoms with van der Waals surface area (Å²) in [4.78, 5) is 30.6. The third-order valence-electron chi connectivity index (χ3n) is 3.73. The highest BCUT2D eigenvalue weighted by atomic mass is 16.5. The SMILES string of the molecule is CCOc1c(C(C)=O)nc(N(C)Cc2ccc(C)cc2)n(C)c1=O. The van der Waals surface area contributed by atoms with Gasteiger partial charge in [-0.15, -0.1) is 0 Å². The second-order valence-electron chi connectivity index (χ2n) is 5.78. The van der Waals surface area contributed by atoms with Gasteiger partial charge in [-0.25, -0.2) is 4.98 Å². The van der Waals surface area contributed by atoms with E-state index in [1.165, 1.54) is 17.1 Å². The van der Waals surface area contributed by atoms with Crippen LogP contribution >= 0.6 is 0 Å². The molecule has 0 atom stereocenters. The zero-order valence-corrected chi connectivity index (χ0v) is 14.8. The first-order valence-corrected chi connectivity index (χ1v) is 7.86. The van der Waals surface area contributed by atoms with Crippen molar-refractivity contribution in [2.24, 2.45) is 7.05 Å². The van der Waals surface area contributed by atoms with Gasteiger partial charge in [0.05, 0.1) is 6.61 Å². The molecule has 1 aromatic carbocycles. The predicted octanol–water partition coefficient (Wildman–Crippen LogP) is 2.33. The Labute approximate surface area is 141 Å². The van der Waals surface area contributed by atoms with Crippen molar-refractivity contribution in [1.82, 2.24) is 9.55 Å². The average molecular weight is 329 g/mol. The van der Waals surface area contributed by atoms with E-state index >= 15 is 0 Å². The number of hydrogen-bond acceptors (Lipinski definition) is 5. The van der Waals surface area contributed by atoms with Gasteiger partial charge in [-0.3, -0.25) is 14.2 Å². The smallest absolute Gasteiger partial charge is 0.297 e. The Hall–Kier alpha value is -2.63. The lowest BCUT2D eigenvalue weighted by molar-refractivity contribution is 0.100. The highest BCUT2D eigenvalue weighted by Crippen LogP contribution is 2.18. The van der Waals surface area contributed by atoms with Gasteiger partial charge in [0, 0.05) is 27.6 Å². The van der Waals surface area contributed by atoms with Gasteiger partial charge in [-0.2, -0.15) is 0 Å². The van der Waals surface area contributed by atoms with E-state index in [2.05, 4.69) is 4.98 Å². The molecule has 24 heavy (non-hydrogen) atoms. The van der Waals surface area contributed by atoms with Crippen LogP contribution < -0.4 is 15.2 Å². The molecule has 0 unspecified atom stereocenters. The molecule has 0 aliphatic carbocycles. The topological polar surface area (TPSA) is 64.4 Å². The molecule has 2 aromatic rings. The van der Waals surface area contributed by atoms with Crippen LogP contribution in [0.1, 0.15) is 35.5 Å². The molecular formula is C18H23N3O3. The van der Waals surface area contributed by atoms with Gasteiger partial charge in [0.25, 0.3) is 5.56 Å². The van der Waals surface area contributed by atoms with Crippen LogP contribution in [0, 0.1) is 6.92 Å². The number of hydrogen-bond donors (Lipinski definition) is 0. The average Bonchev–Trinajstić information content (AvgIpc) is 2.54. The van der Waals surface area contributed by atoms with Crippen LogP contribution in [0.25, 0.3) is 0 Å². The summed E-state index contributed by atoms with van der Waals surface area (Å²) in [5.74, 6) is 0.148. The molecule has 0 N–H and O–H groups in total. The van der Waals surface area contributed by atoms with Crippen molar-refractivity contribution in [2.45, 2.75) is 27.3 Å². The van der Waals surface area contributed by atoms with E-state index in [0.717, 1.165) is 5.56 Å². The van der Waals surface area contributed by atoms with Crippen LogP contribution in [0.15, 0.2) is 29.1 Å². The molecule has 1 aromatic heterocycles. The molecule has 0 spiro atoms. The standard InChI is InChI=1S/C18H23N3O3/c1-6-24-16-15(13(3)22)19-18(21(5)17(16)23)20(4)11-14-9-7-12(2)8-10-14/h7-10H,6,11H2,1-5H3. The Morgan fingerprint density at radius 1 is 1.29 bits per heavy atom. The number of ketones is 1. The summed E-state index contributed by atoms with van der Waals surface area (Å²) in [5, 5.41) is 0. The van der Waals surface area contributed by atoms with Gasteiger partial charge < -0.3 is 9.64 Å². The molecule has 0 aliphatic heterocycles. The molecule has 0 aliphatic rings. The Bertz CT molecular complexity index is 794. The van der Waals surface area contributed by atoms with E-state index in [9.17, 15) is 9.59 Å². The van der Waals surface area contributed by atoms with Crippen LogP contribution in [0.2, 0.25) is 0 Å². The largest absolute Gasteiger partial charge is 0.486 e. The van der Waals surface area contributed by atoms with E-state index in [-0.39, 0.29) is 22.8 Å². The van der Waals surface area contributed by atoms with Crippen LogP contribution in [0.3, 0.4) is 0 Å². The Morgan fingerprint density at radius 2 is 1.92 bits per heavy atom. The molecule has 6 heteroatoms. The monoisotopic (exact) mass is 329 g/mol. The minimum absolute atomic E-state index is 0.0139. The maximum Gasteiger partial charge on any atom is 0.297 e. The molecule has 0 fully saturated rings. The third-order valence-corrected chi connectivity index (χ3v) is 3.73. The van der Waals surface area contributed by atoms with Gasteiger partial charge in [0.1, 0.15) is 0 Å². The highest BCUT2D eigenvalue weighted by molar-refractivity contribution is 5.95. The van der Waals surface area contributed by atoms with Gasteiger partial charge in [0.2, 0.25) is 11.7 Å². The minimum Gasteiger partial charge on any atom is -0.486 e. The maximum atomic E-state index is 12.5. The molecule has 1 heterocycles. The van der Waals surface area contributed by atoms with Gasteiger partial charge in [0.15, 0.2) is 11.5 Å². The van der Waals surface area contributed by atoms with Crippen LogP contribution in [0.5, 0.6) is 5.75 Å². The van der Waals surface area contributed by atoms with Gasteiger partial charge in [-0.1, -0.05) is 29.8 Å². The summed E-state index contributed by atoms with van der Waals surface area (Å²) in [6.07, 6.45) is 0. The molecule has 0 radical (unpaired) electrons. The second kappa shape index (κ2) is 7.29. The molecule has 0 saturated carbocycles. The lowest BCUT2D eigenvalue weighted by Gasteiger charge is -2.22. The fourth-order valence-electron chi connectivity index (χ4n) is 2.46. The van der Waals surface area contributed by atoms with E-state index in [0.29, 0.717) is 19.1 Å². The summed E-state index contributed by atoms with van der Waals surface area (Å²) >= 11 is 0. The summed E-state index contributed by atoms with van der Waals surface area (Å²) in [5.41, 5.74) is 2.00. The van der Waals surface area contributed by atoms with Gasteiger partial charge >= 0.3 is 0 Å². The third kappa shape index (κ3) is 3.64. The van der Waals surface area contributed by atoms with Crippen molar-refractivity contribution in [1.29, 1.82) is 0 Å². The molecule has 2 rings (SSSR count). The lowest BCUT2D eigenvalue weighted by atomic mass is 10.1. The number of Topliss-reactive ketones (excluding diaryl/α,β-unsaturated/α-hetero) is 1. The molecular weight excluding hydrogens is 306 g/mol. The molecule has 6 nitrogen and oxygen atoms in total. The van der Waals surface area contributed by atoms with Gasteiger partial charge in [-0.05, 0) is 19.4 Å². The number of benzene rings is 1. The quantitative estimate of drug-likeness (QED) is 0.761. The number of anilines is 1. The van der Waals surface area contributed by atoms with Crippen molar-refractivity contribution < 1.29 is 9.53 Å². The Morgan fingerprint density at radius 3 is 2.46 bits per heavy atom. The van der Waals surface area contributed by atoms with E-state index in [1.807, 2.05) is 43.1 Å². The molecule has 128 valence electrons. The zero-order chi connectivity index (χ0) is 17.9. The van der Waals surface area contributed by atoms with Crippen molar-refractivity contribution in [3.8, 4) is 5.75 Å². The number of aryl methyl sites for hydroxylation is 1. The van der Waals surface area contributed by atoms with Crippen LogP contribution in [0.4, 0.5) is 5.95 Å². The summed E-state index contributed by atoms with van der Waals surface area (Å²) in [6, 6.07) is 8.14. The van der Waals surface area contributed by atoms with Crippen molar-refractivity contribution >= 4 is 11.7 Å². The predicted molar refractivity (Wildman–Crippen MR) is 93.9 cm³/mol. The fraction of sp³-hybridized carbons (Fsp3) is 0.389. The maximum absolute atomic E-state index is 12.5. The fourth-order valence-corrected chi connectivity index (χ4v) is 2.46. The summed E-state index contributed by atoms with van der Waals surface area (Å²) < 4.78 is 6.75. The molecule has 0 saturated heterocycles. The summed E-state index contributed by atoms with van der Waals surface area (Å²) in [7, 11) is 3.47. The first-order valence-electron chi connectivity index (χ1n) is 7.86. The minimum atomic E-state index is -0.359. The van der Waals surface area contributed by atoms with E-state index in [1.54, 1.807) is 14.0 Å². The number of ether oxygens (including phenoxy) is 1. The zero-order valence-electron chi connectivity index (χ0n) is 14.8. The van der Waals surface area contributed by atoms with Crippen molar-refractivity contribution in [2.75, 3.05) is 18.6 Å². The Balaban J connectivity index is 2.43. The van der Waals surface area contributed by atoms with Crippen LogP contribution in [-0.2, 0) is 13.6 Å². The number of carbonyl (C=O) groups is 1.